The zero-order valence-corrected chi connectivity index (χ0v) is 6.30. The van der Waals surface area contributed by atoms with Gasteiger partial charge in [0.2, 0.25) is 0 Å². The first-order chi connectivity index (χ1) is 4.20. The van der Waals surface area contributed by atoms with E-state index in [0.717, 1.165) is 19.1 Å². The highest BCUT2D eigenvalue weighted by Gasteiger charge is 2.20. The smallest absolute Gasteiger partial charge is 0.0229 e. The fourth-order valence-electron chi connectivity index (χ4n) is 1.23. The second-order valence-corrected chi connectivity index (χ2v) is 2.98. The van der Waals surface area contributed by atoms with Crippen LogP contribution < -0.4 is 0 Å². The molecule has 0 aromatic carbocycles. The van der Waals surface area contributed by atoms with Gasteiger partial charge >= 0.3 is 0 Å². The molecule has 0 N–H and O–H groups in total. The fraction of sp³-hybridized carbons (Fsp3) is 0.857. The van der Waals surface area contributed by atoms with Gasteiger partial charge in [0.15, 0.2) is 0 Å². The van der Waals surface area contributed by atoms with Crippen molar-refractivity contribution in [2.45, 2.75) is 12.5 Å². The summed E-state index contributed by atoms with van der Waals surface area (Å²) in [6.07, 6.45) is 1.27. The molecule has 0 aliphatic carbocycles. The second-order valence-electron chi connectivity index (χ2n) is 2.98. The highest BCUT2D eigenvalue weighted by atomic mass is 15.2. The molecule has 1 atom stereocenters. The van der Waals surface area contributed by atoms with Gasteiger partial charge in [-0.25, -0.2) is 0 Å². The molecule has 2 heteroatoms. The Hall–Kier alpha value is -0.0800. The van der Waals surface area contributed by atoms with Crippen LogP contribution in [-0.4, -0.2) is 43.0 Å². The standard InChI is InChI=1S/C7H15N2/c1-8(2)7-4-5-9(3)6-7/h7H,3-6H2,1-2H3. The summed E-state index contributed by atoms with van der Waals surface area (Å²) < 4.78 is 0. The van der Waals surface area contributed by atoms with E-state index in [4.69, 9.17) is 0 Å². The van der Waals surface area contributed by atoms with E-state index in [1.807, 2.05) is 0 Å². The number of nitrogens with zero attached hydrogens (tertiary/aromatic N) is 2. The van der Waals surface area contributed by atoms with E-state index < -0.39 is 0 Å². The Bertz CT molecular complexity index is 90.9. The lowest BCUT2D eigenvalue weighted by atomic mass is 10.2. The van der Waals surface area contributed by atoms with Gasteiger partial charge in [0.05, 0.1) is 0 Å². The fourth-order valence-corrected chi connectivity index (χ4v) is 1.23. The Labute approximate surface area is 57.4 Å². The maximum absolute atomic E-state index is 3.88. The van der Waals surface area contributed by atoms with Crippen LogP contribution in [0.25, 0.3) is 0 Å². The summed E-state index contributed by atoms with van der Waals surface area (Å²) in [6.45, 7) is 2.29. The van der Waals surface area contributed by atoms with Gasteiger partial charge in [-0.1, -0.05) is 0 Å². The highest BCUT2D eigenvalue weighted by Crippen LogP contribution is 2.10. The lowest BCUT2D eigenvalue weighted by molar-refractivity contribution is 0.295. The van der Waals surface area contributed by atoms with E-state index in [1.54, 1.807) is 0 Å². The Morgan fingerprint density at radius 1 is 1.56 bits per heavy atom. The van der Waals surface area contributed by atoms with Gasteiger partial charge in [0.1, 0.15) is 0 Å². The number of likely N-dealkylation sites (N-methyl/N-ethyl adjacent to an activating group) is 1. The molecule has 0 aromatic heterocycles. The molecule has 1 unspecified atom stereocenters. The minimum absolute atomic E-state index is 0.738. The van der Waals surface area contributed by atoms with Gasteiger partial charge in [0.25, 0.3) is 0 Å². The monoisotopic (exact) mass is 127 g/mol. The molecule has 0 saturated carbocycles. The molecule has 0 spiro atoms. The van der Waals surface area contributed by atoms with Crippen LogP contribution in [0, 0.1) is 7.05 Å². The van der Waals surface area contributed by atoms with Crippen LogP contribution in [-0.2, 0) is 0 Å². The van der Waals surface area contributed by atoms with Crippen LogP contribution >= 0.6 is 0 Å². The molecule has 1 fully saturated rings. The third-order valence-electron chi connectivity index (χ3n) is 1.98. The Kier molecular flexibility index (Phi) is 2.09. The predicted molar refractivity (Wildman–Crippen MR) is 39.0 cm³/mol. The van der Waals surface area contributed by atoms with Crippen LogP contribution in [0.4, 0.5) is 0 Å². The number of hydrogen-bond donors (Lipinski definition) is 0. The van der Waals surface area contributed by atoms with E-state index in [9.17, 15) is 0 Å². The van der Waals surface area contributed by atoms with Crippen molar-refractivity contribution in [2.75, 3.05) is 27.2 Å². The van der Waals surface area contributed by atoms with Crippen LogP contribution in [0.1, 0.15) is 6.42 Å². The number of likely N-dealkylation sites (tertiary alicyclic amines) is 1. The predicted octanol–water partition coefficient (Wildman–Crippen LogP) is 0.414. The van der Waals surface area contributed by atoms with E-state index in [1.165, 1.54) is 6.42 Å². The minimum atomic E-state index is 0.738. The van der Waals surface area contributed by atoms with Gasteiger partial charge in [-0.2, -0.15) is 0 Å². The molecule has 1 aliphatic rings. The van der Waals surface area contributed by atoms with Gasteiger partial charge in [-0.05, 0) is 27.1 Å². The largest absolute Gasteiger partial charge is 0.305 e. The summed E-state index contributed by atoms with van der Waals surface area (Å²) in [5, 5.41) is 0. The molecule has 0 amide bonds. The summed E-state index contributed by atoms with van der Waals surface area (Å²) in [5.74, 6) is 0. The molecule has 1 radical (unpaired) electrons. The Morgan fingerprint density at radius 2 is 2.22 bits per heavy atom. The first kappa shape index (κ1) is 7.03. The SMILES string of the molecule is [CH2]N1CCC(N(C)C)C1. The Morgan fingerprint density at radius 3 is 2.44 bits per heavy atom. The first-order valence-electron chi connectivity index (χ1n) is 3.42. The zero-order chi connectivity index (χ0) is 6.85. The number of hydrogen-bond acceptors (Lipinski definition) is 2. The summed E-state index contributed by atoms with van der Waals surface area (Å²) >= 11 is 0. The van der Waals surface area contributed by atoms with Crippen molar-refractivity contribution in [1.29, 1.82) is 0 Å². The first-order valence-corrected chi connectivity index (χ1v) is 3.42. The van der Waals surface area contributed by atoms with Crippen LogP contribution in [0.15, 0.2) is 0 Å². The van der Waals surface area contributed by atoms with Crippen molar-refractivity contribution in [3.05, 3.63) is 7.05 Å². The molecular weight excluding hydrogens is 112 g/mol. The minimum Gasteiger partial charge on any atom is -0.305 e. The molecule has 53 valence electrons. The van der Waals surface area contributed by atoms with Crippen molar-refractivity contribution in [1.82, 2.24) is 9.80 Å². The quantitative estimate of drug-likeness (QED) is 0.503. The topological polar surface area (TPSA) is 6.48 Å². The Balaban J connectivity index is 2.30. The summed E-state index contributed by atoms with van der Waals surface area (Å²) in [5.41, 5.74) is 0. The molecule has 0 bridgehead atoms. The van der Waals surface area contributed by atoms with Crippen LogP contribution in [0.3, 0.4) is 0 Å². The molecule has 0 aromatic rings. The van der Waals surface area contributed by atoms with Crippen molar-refractivity contribution in [3.63, 3.8) is 0 Å². The molecule has 9 heavy (non-hydrogen) atoms. The van der Waals surface area contributed by atoms with E-state index in [-0.39, 0.29) is 0 Å². The van der Waals surface area contributed by atoms with Crippen molar-refractivity contribution >= 4 is 0 Å². The zero-order valence-electron chi connectivity index (χ0n) is 6.30. The third kappa shape index (κ3) is 1.66. The van der Waals surface area contributed by atoms with E-state index in [2.05, 4.69) is 30.9 Å². The second kappa shape index (κ2) is 2.67. The van der Waals surface area contributed by atoms with Crippen molar-refractivity contribution in [3.8, 4) is 0 Å². The maximum atomic E-state index is 3.88. The number of rotatable bonds is 1. The maximum Gasteiger partial charge on any atom is 0.0229 e. The summed E-state index contributed by atoms with van der Waals surface area (Å²) in [7, 11) is 8.13. The molecular formula is C7H15N2. The van der Waals surface area contributed by atoms with Crippen molar-refractivity contribution < 1.29 is 0 Å². The van der Waals surface area contributed by atoms with E-state index >= 15 is 0 Å². The lowest BCUT2D eigenvalue weighted by Gasteiger charge is -2.17. The molecule has 2 nitrogen and oxygen atoms in total. The third-order valence-corrected chi connectivity index (χ3v) is 1.98. The highest BCUT2D eigenvalue weighted by molar-refractivity contribution is 4.79. The molecule has 1 aliphatic heterocycles. The normalized spacial score (nSPS) is 30.0. The van der Waals surface area contributed by atoms with E-state index in [0.29, 0.717) is 0 Å². The molecule has 1 saturated heterocycles. The average molecular weight is 127 g/mol. The van der Waals surface area contributed by atoms with Gasteiger partial charge in [-0.15, -0.1) is 0 Å². The van der Waals surface area contributed by atoms with Gasteiger partial charge in [0, 0.05) is 19.6 Å². The molecule has 1 heterocycles. The summed E-state index contributed by atoms with van der Waals surface area (Å²) in [4.78, 5) is 4.40. The average Bonchev–Trinajstić information content (AvgIpc) is 2.14. The summed E-state index contributed by atoms with van der Waals surface area (Å²) in [6, 6.07) is 0.738. The van der Waals surface area contributed by atoms with Crippen molar-refractivity contribution in [2.24, 2.45) is 0 Å². The lowest BCUT2D eigenvalue weighted by Crippen LogP contribution is -2.29. The van der Waals surface area contributed by atoms with Gasteiger partial charge in [-0.3, -0.25) is 0 Å². The van der Waals surface area contributed by atoms with Crippen LogP contribution in [0.5, 0.6) is 0 Å². The van der Waals surface area contributed by atoms with Crippen LogP contribution in [0.2, 0.25) is 0 Å². The molecule has 1 rings (SSSR count). The van der Waals surface area contributed by atoms with Gasteiger partial charge < -0.3 is 9.80 Å².